The Bertz CT molecular complexity index is 1070. The van der Waals surface area contributed by atoms with E-state index < -0.39 is 5.91 Å². The molecule has 3 N–H and O–H groups in total. The van der Waals surface area contributed by atoms with Crippen molar-refractivity contribution < 1.29 is 9.59 Å². The molecule has 0 aliphatic carbocycles. The summed E-state index contributed by atoms with van der Waals surface area (Å²) in [4.78, 5) is 27.8. The summed E-state index contributed by atoms with van der Waals surface area (Å²) in [6.07, 6.45) is 1.52. The lowest BCUT2D eigenvalue weighted by molar-refractivity contribution is -0.114. The molecule has 138 valence electrons. The van der Waals surface area contributed by atoms with Crippen molar-refractivity contribution in [3.63, 3.8) is 0 Å². The van der Waals surface area contributed by atoms with Crippen LogP contribution in [0.5, 0.6) is 0 Å². The van der Waals surface area contributed by atoms with E-state index in [1.807, 2.05) is 12.1 Å². The second-order valence-corrected chi connectivity index (χ2v) is 5.93. The van der Waals surface area contributed by atoms with Crippen LogP contribution in [0.4, 0.5) is 22.7 Å². The minimum atomic E-state index is -0.418. The maximum atomic E-state index is 12.5. The molecule has 3 aromatic rings. The Morgan fingerprint density at radius 2 is 1.68 bits per heavy atom. The van der Waals surface area contributed by atoms with E-state index in [1.165, 1.54) is 13.1 Å². The molecule has 7 heteroatoms. The Kier molecular flexibility index (Phi) is 5.63. The summed E-state index contributed by atoms with van der Waals surface area (Å²) in [5.41, 5.74) is 3.08. The summed E-state index contributed by atoms with van der Waals surface area (Å²) >= 11 is 0. The van der Waals surface area contributed by atoms with E-state index in [0.717, 1.165) is 5.69 Å². The average molecular weight is 371 g/mol. The van der Waals surface area contributed by atoms with E-state index in [4.69, 9.17) is 5.26 Å². The summed E-state index contributed by atoms with van der Waals surface area (Å²) < 4.78 is 0. The highest BCUT2D eigenvalue weighted by atomic mass is 16.2. The molecule has 1 aromatic heterocycles. The Hall–Kier alpha value is -4.18. The van der Waals surface area contributed by atoms with E-state index in [2.05, 4.69) is 20.9 Å². The van der Waals surface area contributed by atoms with Crippen LogP contribution in [0.1, 0.15) is 23.0 Å². The van der Waals surface area contributed by atoms with E-state index in [0.29, 0.717) is 22.6 Å². The Morgan fingerprint density at radius 3 is 2.46 bits per heavy atom. The van der Waals surface area contributed by atoms with Crippen LogP contribution >= 0.6 is 0 Å². The van der Waals surface area contributed by atoms with E-state index in [-0.39, 0.29) is 11.6 Å². The van der Waals surface area contributed by atoms with Crippen molar-refractivity contribution in [3.05, 3.63) is 78.1 Å². The number of nitriles is 1. The number of carbonyl (C=O) groups excluding carboxylic acids is 2. The van der Waals surface area contributed by atoms with Gasteiger partial charge in [-0.25, -0.2) is 0 Å². The van der Waals surface area contributed by atoms with Gasteiger partial charge in [0.15, 0.2) is 0 Å². The van der Waals surface area contributed by atoms with Crippen LogP contribution in [0.2, 0.25) is 0 Å². The highest BCUT2D eigenvalue weighted by Gasteiger charge is 2.11. The number of benzene rings is 2. The molecular weight excluding hydrogens is 354 g/mol. The highest BCUT2D eigenvalue weighted by Crippen LogP contribution is 2.21. The second-order valence-electron chi connectivity index (χ2n) is 5.93. The van der Waals surface area contributed by atoms with Gasteiger partial charge in [-0.3, -0.25) is 14.6 Å². The largest absolute Gasteiger partial charge is 0.355 e. The van der Waals surface area contributed by atoms with Crippen molar-refractivity contribution in [3.8, 4) is 6.07 Å². The van der Waals surface area contributed by atoms with Gasteiger partial charge in [0.2, 0.25) is 5.91 Å². The number of nitrogens with zero attached hydrogens (tertiary/aromatic N) is 2. The lowest BCUT2D eigenvalue weighted by atomic mass is 10.2. The van der Waals surface area contributed by atoms with Gasteiger partial charge in [-0.05, 0) is 42.5 Å². The molecule has 0 spiro atoms. The molecule has 2 amide bonds. The molecule has 3 rings (SSSR count). The third-order valence-electron chi connectivity index (χ3n) is 3.76. The van der Waals surface area contributed by atoms with Crippen molar-refractivity contribution >= 4 is 34.6 Å². The smallest absolute Gasteiger partial charge is 0.274 e. The third kappa shape index (κ3) is 4.71. The van der Waals surface area contributed by atoms with Gasteiger partial charge in [-0.2, -0.15) is 5.26 Å². The van der Waals surface area contributed by atoms with Crippen molar-refractivity contribution in [1.29, 1.82) is 5.26 Å². The van der Waals surface area contributed by atoms with Gasteiger partial charge in [-0.1, -0.05) is 18.2 Å². The molecule has 7 nitrogen and oxygen atoms in total. The number of hydrogen-bond donors (Lipinski definition) is 3. The molecule has 0 aliphatic rings. The molecule has 0 unspecified atom stereocenters. The number of amides is 2. The van der Waals surface area contributed by atoms with Crippen molar-refractivity contribution in [1.82, 2.24) is 4.98 Å². The van der Waals surface area contributed by atoms with Crippen molar-refractivity contribution in [2.24, 2.45) is 0 Å². The number of anilines is 4. The molecule has 0 atom stereocenters. The Morgan fingerprint density at radius 1 is 0.929 bits per heavy atom. The monoisotopic (exact) mass is 371 g/mol. The van der Waals surface area contributed by atoms with Crippen LogP contribution in [-0.4, -0.2) is 16.8 Å². The Balaban J connectivity index is 1.76. The van der Waals surface area contributed by atoms with E-state index in [9.17, 15) is 9.59 Å². The zero-order valence-corrected chi connectivity index (χ0v) is 15.1. The van der Waals surface area contributed by atoms with Gasteiger partial charge in [0.05, 0.1) is 11.3 Å². The summed E-state index contributed by atoms with van der Waals surface area (Å²) in [6.45, 7) is 1.44. The minimum absolute atomic E-state index is 0.155. The summed E-state index contributed by atoms with van der Waals surface area (Å²) in [5.74, 6) is -0.573. The molecule has 28 heavy (non-hydrogen) atoms. The molecule has 1 heterocycles. The first-order valence-corrected chi connectivity index (χ1v) is 8.46. The van der Waals surface area contributed by atoms with Crippen LogP contribution in [0.25, 0.3) is 0 Å². The van der Waals surface area contributed by atoms with Gasteiger partial charge in [0.25, 0.3) is 5.91 Å². The number of rotatable bonds is 5. The lowest BCUT2D eigenvalue weighted by Crippen LogP contribution is -2.14. The van der Waals surface area contributed by atoms with Crippen LogP contribution in [0.15, 0.2) is 66.9 Å². The summed E-state index contributed by atoms with van der Waals surface area (Å²) in [6, 6.07) is 19.3. The van der Waals surface area contributed by atoms with Gasteiger partial charge in [0.1, 0.15) is 11.8 Å². The molecule has 0 bridgehead atoms. The predicted molar refractivity (Wildman–Crippen MR) is 107 cm³/mol. The standard InChI is InChI=1S/C21H17N5O2/c1-14(27)24-16-6-4-7-17(11-16)25-18-9-10-23-20(12-18)21(28)26-19-8-3-2-5-15(19)13-22/h2-12H,1H3,(H,23,25)(H,24,27)(H,26,28). The maximum absolute atomic E-state index is 12.5. The number of hydrogen-bond acceptors (Lipinski definition) is 5. The van der Waals surface area contributed by atoms with Gasteiger partial charge >= 0.3 is 0 Å². The molecule has 2 aromatic carbocycles. The summed E-state index contributed by atoms with van der Waals surface area (Å²) in [5, 5.41) is 17.7. The van der Waals surface area contributed by atoms with Crippen molar-refractivity contribution in [2.75, 3.05) is 16.0 Å². The van der Waals surface area contributed by atoms with Crippen molar-refractivity contribution in [2.45, 2.75) is 6.92 Å². The average Bonchev–Trinajstić information content (AvgIpc) is 2.68. The topological polar surface area (TPSA) is 107 Å². The SMILES string of the molecule is CC(=O)Nc1cccc(Nc2ccnc(C(=O)Nc3ccccc3C#N)c2)c1. The number of aromatic nitrogens is 1. The quantitative estimate of drug-likeness (QED) is 0.630. The minimum Gasteiger partial charge on any atom is -0.355 e. The lowest BCUT2D eigenvalue weighted by Gasteiger charge is -2.10. The highest BCUT2D eigenvalue weighted by molar-refractivity contribution is 6.04. The molecule has 0 aliphatic heterocycles. The fourth-order valence-electron chi connectivity index (χ4n) is 2.55. The fourth-order valence-corrected chi connectivity index (χ4v) is 2.55. The maximum Gasteiger partial charge on any atom is 0.274 e. The first kappa shape index (κ1) is 18.6. The van der Waals surface area contributed by atoms with Gasteiger partial charge < -0.3 is 16.0 Å². The summed E-state index contributed by atoms with van der Waals surface area (Å²) in [7, 11) is 0. The predicted octanol–water partition coefficient (Wildman–Crippen LogP) is 3.91. The second kappa shape index (κ2) is 8.47. The molecular formula is C21H17N5O2. The first-order valence-electron chi connectivity index (χ1n) is 8.46. The van der Waals surface area contributed by atoms with E-state index >= 15 is 0 Å². The number of carbonyl (C=O) groups is 2. The molecule has 0 fully saturated rings. The number of nitrogens with one attached hydrogen (secondary N) is 3. The van der Waals surface area contributed by atoms with Crippen LogP contribution in [-0.2, 0) is 4.79 Å². The van der Waals surface area contributed by atoms with Crippen LogP contribution in [0, 0.1) is 11.3 Å². The zero-order chi connectivity index (χ0) is 19.9. The van der Waals surface area contributed by atoms with E-state index in [1.54, 1.807) is 54.6 Å². The fraction of sp³-hybridized carbons (Fsp3) is 0.0476. The molecule has 0 saturated carbocycles. The molecule has 0 radical (unpaired) electrons. The van der Waals surface area contributed by atoms with Gasteiger partial charge in [-0.15, -0.1) is 0 Å². The Labute approximate surface area is 162 Å². The van der Waals surface area contributed by atoms with Gasteiger partial charge in [0, 0.05) is 30.2 Å². The zero-order valence-electron chi connectivity index (χ0n) is 15.1. The normalized spacial score (nSPS) is 9.86. The van der Waals surface area contributed by atoms with Crippen LogP contribution < -0.4 is 16.0 Å². The third-order valence-corrected chi connectivity index (χ3v) is 3.76. The van der Waals surface area contributed by atoms with Crippen LogP contribution in [0.3, 0.4) is 0 Å². The first-order chi connectivity index (χ1) is 13.5. The number of para-hydroxylation sites is 1. The number of pyridine rings is 1. The molecule has 0 saturated heterocycles.